The van der Waals surface area contributed by atoms with E-state index in [1.54, 1.807) is 0 Å². The molecule has 0 aromatic heterocycles. The van der Waals surface area contributed by atoms with Crippen LogP contribution in [-0.2, 0) is 6.54 Å². The molecule has 0 amide bonds. The zero-order valence-corrected chi connectivity index (χ0v) is 11.2. The van der Waals surface area contributed by atoms with Gasteiger partial charge < -0.3 is 10.2 Å². The van der Waals surface area contributed by atoms with Gasteiger partial charge in [0, 0.05) is 19.1 Å². The van der Waals surface area contributed by atoms with Gasteiger partial charge in [-0.3, -0.25) is 0 Å². The van der Waals surface area contributed by atoms with Gasteiger partial charge in [-0.15, -0.1) is 0 Å². The fourth-order valence-corrected chi connectivity index (χ4v) is 1.98. The number of nitrogens with zero attached hydrogens (tertiary/aromatic N) is 1. The van der Waals surface area contributed by atoms with E-state index in [4.69, 9.17) is 0 Å². The third-order valence-corrected chi connectivity index (χ3v) is 3.65. The van der Waals surface area contributed by atoms with E-state index >= 15 is 0 Å². The molecule has 0 spiro atoms. The van der Waals surface area contributed by atoms with Crippen LogP contribution < -0.4 is 5.32 Å². The summed E-state index contributed by atoms with van der Waals surface area (Å²) in [7, 11) is 4.25. The number of benzene rings is 1. The van der Waals surface area contributed by atoms with Crippen LogP contribution >= 0.6 is 0 Å². The van der Waals surface area contributed by atoms with E-state index in [2.05, 4.69) is 55.5 Å². The summed E-state index contributed by atoms with van der Waals surface area (Å²) in [6.07, 6.45) is 2.77. The second kappa shape index (κ2) is 5.65. The Bertz CT molecular complexity index is 356. The van der Waals surface area contributed by atoms with Gasteiger partial charge in [0.25, 0.3) is 0 Å². The zero-order chi connectivity index (χ0) is 12.3. The lowest BCUT2D eigenvalue weighted by atomic mass is 10.1. The number of hydrogen-bond acceptors (Lipinski definition) is 2. The smallest absolute Gasteiger partial charge is 0.0206 e. The fourth-order valence-electron chi connectivity index (χ4n) is 1.98. The summed E-state index contributed by atoms with van der Waals surface area (Å²) in [4.78, 5) is 2.24. The molecule has 1 aliphatic carbocycles. The van der Waals surface area contributed by atoms with Gasteiger partial charge in [0.2, 0.25) is 0 Å². The molecule has 1 fully saturated rings. The molecule has 94 valence electrons. The van der Waals surface area contributed by atoms with Crippen LogP contribution in [0.3, 0.4) is 0 Å². The standard InChI is InChI=1S/C15H24N2/c1-12(17(2)3)10-16-11-13-5-4-6-15(9-13)14-7-8-14/h4-6,9,12,14,16H,7-8,10-11H2,1-3H3. The van der Waals surface area contributed by atoms with E-state index in [9.17, 15) is 0 Å². The van der Waals surface area contributed by atoms with Gasteiger partial charge in [-0.2, -0.15) is 0 Å². The molecule has 2 rings (SSSR count). The van der Waals surface area contributed by atoms with Crippen LogP contribution in [-0.4, -0.2) is 31.6 Å². The molecule has 1 saturated carbocycles. The predicted octanol–water partition coefficient (Wildman–Crippen LogP) is 2.60. The Morgan fingerprint density at radius 3 is 2.76 bits per heavy atom. The number of likely N-dealkylation sites (N-methyl/N-ethyl adjacent to an activating group) is 1. The zero-order valence-electron chi connectivity index (χ0n) is 11.2. The molecule has 0 bridgehead atoms. The van der Waals surface area contributed by atoms with Crippen molar-refractivity contribution in [2.75, 3.05) is 20.6 Å². The summed E-state index contributed by atoms with van der Waals surface area (Å²) in [5.74, 6) is 0.857. The topological polar surface area (TPSA) is 15.3 Å². The second-order valence-electron chi connectivity index (χ2n) is 5.46. The first-order chi connectivity index (χ1) is 8.16. The Morgan fingerprint density at radius 2 is 2.12 bits per heavy atom. The lowest BCUT2D eigenvalue weighted by Crippen LogP contribution is -2.35. The average Bonchev–Trinajstić information content (AvgIpc) is 3.13. The van der Waals surface area contributed by atoms with Gasteiger partial charge in [-0.25, -0.2) is 0 Å². The maximum Gasteiger partial charge on any atom is 0.0206 e. The summed E-state index contributed by atoms with van der Waals surface area (Å²) in [5.41, 5.74) is 2.95. The molecule has 1 aliphatic rings. The molecule has 1 aromatic rings. The van der Waals surface area contributed by atoms with Crippen LogP contribution in [0.2, 0.25) is 0 Å². The monoisotopic (exact) mass is 232 g/mol. The fraction of sp³-hybridized carbons (Fsp3) is 0.600. The minimum Gasteiger partial charge on any atom is -0.311 e. The lowest BCUT2D eigenvalue weighted by molar-refractivity contribution is 0.302. The summed E-state index contributed by atoms with van der Waals surface area (Å²) in [6, 6.07) is 9.63. The molecule has 17 heavy (non-hydrogen) atoms. The van der Waals surface area contributed by atoms with Crippen LogP contribution in [0, 0.1) is 0 Å². The Balaban J connectivity index is 1.80. The summed E-state index contributed by atoms with van der Waals surface area (Å²) in [5, 5.41) is 3.53. The van der Waals surface area contributed by atoms with E-state index in [1.165, 1.54) is 24.0 Å². The molecule has 0 saturated heterocycles. The number of rotatable bonds is 6. The van der Waals surface area contributed by atoms with Crippen molar-refractivity contribution >= 4 is 0 Å². The Labute approximate surface area is 105 Å². The number of hydrogen-bond donors (Lipinski definition) is 1. The summed E-state index contributed by atoms with van der Waals surface area (Å²) < 4.78 is 0. The maximum atomic E-state index is 3.53. The molecule has 2 heteroatoms. The molecule has 2 nitrogen and oxygen atoms in total. The third-order valence-electron chi connectivity index (χ3n) is 3.65. The highest BCUT2D eigenvalue weighted by Gasteiger charge is 2.23. The van der Waals surface area contributed by atoms with Gasteiger partial charge in [-0.1, -0.05) is 24.3 Å². The van der Waals surface area contributed by atoms with Gasteiger partial charge in [0.05, 0.1) is 0 Å². The Kier molecular flexibility index (Phi) is 4.19. The van der Waals surface area contributed by atoms with Crippen molar-refractivity contribution in [3.05, 3.63) is 35.4 Å². The van der Waals surface area contributed by atoms with E-state index in [0.717, 1.165) is 19.0 Å². The summed E-state index contributed by atoms with van der Waals surface area (Å²) >= 11 is 0. The minimum atomic E-state index is 0.585. The molecular formula is C15H24N2. The molecule has 1 unspecified atom stereocenters. The molecule has 0 radical (unpaired) electrons. The Hall–Kier alpha value is -0.860. The number of nitrogens with one attached hydrogen (secondary N) is 1. The van der Waals surface area contributed by atoms with Gasteiger partial charge >= 0.3 is 0 Å². The van der Waals surface area contributed by atoms with E-state index in [-0.39, 0.29) is 0 Å². The van der Waals surface area contributed by atoms with Crippen LogP contribution in [0.15, 0.2) is 24.3 Å². The van der Waals surface area contributed by atoms with E-state index < -0.39 is 0 Å². The normalized spacial score (nSPS) is 17.4. The van der Waals surface area contributed by atoms with Gasteiger partial charge in [-0.05, 0) is 50.9 Å². The largest absolute Gasteiger partial charge is 0.311 e. The first-order valence-electron chi connectivity index (χ1n) is 6.63. The highest BCUT2D eigenvalue weighted by Crippen LogP contribution is 2.40. The van der Waals surface area contributed by atoms with E-state index in [0.29, 0.717) is 6.04 Å². The van der Waals surface area contributed by atoms with Crippen molar-refractivity contribution in [1.82, 2.24) is 10.2 Å². The van der Waals surface area contributed by atoms with Gasteiger partial charge in [0.1, 0.15) is 0 Å². The molecule has 0 heterocycles. The highest BCUT2D eigenvalue weighted by atomic mass is 15.1. The van der Waals surface area contributed by atoms with E-state index in [1.807, 2.05) is 0 Å². The quantitative estimate of drug-likeness (QED) is 0.811. The van der Waals surface area contributed by atoms with Crippen molar-refractivity contribution in [3.8, 4) is 0 Å². The molecule has 0 aliphatic heterocycles. The SMILES string of the molecule is CC(CNCc1cccc(C2CC2)c1)N(C)C. The van der Waals surface area contributed by atoms with Crippen molar-refractivity contribution in [3.63, 3.8) is 0 Å². The predicted molar refractivity (Wildman–Crippen MR) is 73.3 cm³/mol. The lowest BCUT2D eigenvalue weighted by Gasteiger charge is -2.20. The average molecular weight is 232 g/mol. The van der Waals surface area contributed by atoms with Crippen molar-refractivity contribution in [2.24, 2.45) is 0 Å². The third kappa shape index (κ3) is 3.83. The summed E-state index contributed by atoms with van der Waals surface area (Å²) in [6.45, 7) is 4.27. The first-order valence-corrected chi connectivity index (χ1v) is 6.63. The maximum absolute atomic E-state index is 3.53. The first kappa shape index (κ1) is 12.6. The second-order valence-corrected chi connectivity index (χ2v) is 5.46. The van der Waals surface area contributed by atoms with Crippen molar-refractivity contribution < 1.29 is 0 Å². The molecule has 1 atom stereocenters. The van der Waals surface area contributed by atoms with Crippen molar-refractivity contribution in [2.45, 2.75) is 38.3 Å². The van der Waals surface area contributed by atoms with Gasteiger partial charge in [0.15, 0.2) is 0 Å². The van der Waals surface area contributed by atoms with Crippen LogP contribution in [0.4, 0.5) is 0 Å². The highest BCUT2D eigenvalue weighted by molar-refractivity contribution is 5.29. The molecular weight excluding hydrogens is 208 g/mol. The minimum absolute atomic E-state index is 0.585. The molecule has 1 aromatic carbocycles. The van der Waals surface area contributed by atoms with Crippen LogP contribution in [0.5, 0.6) is 0 Å². The van der Waals surface area contributed by atoms with Crippen LogP contribution in [0.25, 0.3) is 0 Å². The van der Waals surface area contributed by atoms with Crippen LogP contribution in [0.1, 0.15) is 36.8 Å². The van der Waals surface area contributed by atoms with Crippen molar-refractivity contribution in [1.29, 1.82) is 0 Å². The Morgan fingerprint density at radius 1 is 1.35 bits per heavy atom. The molecule has 1 N–H and O–H groups in total.